The Morgan fingerprint density at radius 1 is 1.50 bits per heavy atom. The Hall–Kier alpha value is -1.59. The number of hydrogen-bond donors (Lipinski definition) is 1. The van der Waals surface area contributed by atoms with Crippen molar-refractivity contribution in [2.75, 3.05) is 20.1 Å². The van der Waals surface area contributed by atoms with Crippen LogP contribution in [-0.2, 0) is 13.6 Å². The number of nitrogens with zero attached hydrogens (tertiary/aromatic N) is 5. The highest BCUT2D eigenvalue weighted by Crippen LogP contribution is 2.07. The van der Waals surface area contributed by atoms with Gasteiger partial charge >= 0.3 is 0 Å². The van der Waals surface area contributed by atoms with Crippen LogP contribution in [0.5, 0.6) is 0 Å². The summed E-state index contributed by atoms with van der Waals surface area (Å²) in [6.07, 6.45) is 4.07. The molecule has 0 saturated carbocycles. The number of likely N-dealkylation sites (tertiary alicyclic amines) is 1. The van der Waals surface area contributed by atoms with Gasteiger partial charge in [-0.05, 0) is 12.8 Å². The molecule has 1 aromatic rings. The van der Waals surface area contributed by atoms with E-state index in [1.165, 1.54) is 12.8 Å². The molecular weight excluding hydrogens is 204 g/mol. The lowest BCUT2D eigenvalue weighted by atomic mass is 10.4. The molecule has 1 N–H and O–H groups in total. The van der Waals surface area contributed by atoms with Gasteiger partial charge in [-0.15, -0.1) is 0 Å². The summed E-state index contributed by atoms with van der Waals surface area (Å²) < 4.78 is 1.77. The smallest absolute Gasteiger partial charge is 0.194 e. The Bertz CT molecular complexity index is 363. The largest absolute Gasteiger partial charge is 0.349 e. The van der Waals surface area contributed by atoms with Crippen LogP contribution in [0.4, 0.5) is 0 Å². The van der Waals surface area contributed by atoms with Crippen molar-refractivity contribution in [3.8, 4) is 0 Å². The van der Waals surface area contributed by atoms with Crippen LogP contribution in [0.3, 0.4) is 0 Å². The third-order valence-electron chi connectivity index (χ3n) is 2.83. The van der Waals surface area contributed by atoms with E-state index in [4.69, 9.17) is 0 Å². The van der Waals surface area contributed by atoms with Gasteiger partial charge in [0.2, 0.25) is 0 Å². The maximum absolute atomic E-state index is 4.27. The zero-order valence-corrected chi connectivity index (χ0v) is 9.85. The van der Waals surface area contributed by atoms with Crippen molar-refractivity contribution < 1.29 is 0 Å². The molecule has 0 aromatic carbocycles. The number of nitrogens with one attached hydrogen (secondary N) is 1. The molecule has 2 rings (SSSR count). The lowest BCUT2D eigenvalue weighted by Crippen LogP contribution is -2.39. The third kappa shape index (κ3) is 2.32. The molecule has 2 heterocycles. The van der Waals surface area contributed by atoms with Crippen LogP contribution in [0.25, 0.3) is 0 Å². The molecule has 0 aliphatic carbocycles. The number of aromatic nitrogens is 3. The van der Waals surface area contributed by atoms with Crippen LogP contribution in [0.2, 0.25) is 0 Å². The van der Waals surface area contributed by atoms with E-state index in [9.17, 15) is 0 Å². The molecule has 0 radical (unpaired) electrons. The Morgan fingerprint density at radius 3 is 2.81 bits per heavy atom. The van der Waals surface area contributed by atoms with E-state index < -0.39 is 0 Å². The molecule has 1 saturated heterocycles. The van der Waals surface area contributed by atoms with Gasteiger partial charge in [0, 0.05) is 27.2 Å². The minimum atomic E-state index is 0.666. The maximum atomic E-state index is 4.27. The SMILES string of the molecule is CN=C(NCc1ncnn1C)N1CCCC1. The summed E-state index contributed by atoms with van der Waals surface area (Å²) in [6, 6.07) is 0. The molecule has 1 aromatic heterocycles. The molecule has 1 aliphatic heterocycles. The predicted octanol–water partition coefficient (Wildman–Crippen LogP) is -0.0137. The van der Waals surface area contributed by atoms with Crippen molar-refractivity contribution in [2.24, 2.45) is 12.0 Å². The molecule has 1 fully saturated rings. The van der Waals surface area contributed by atoms with Gasteiger partial charge in [-0.1, -0.05) is 0 Å². The normalized spacial score (nSPS) is 16.9. The highest BCUT2D eigenvalue weighted by atomic mass is 15.3. The predicted molar refractivity (Wildman–Crippen MR) is 62.0 cm³/mol. The Labute approximate surface area is 95.4 Å². The van der Waals surface area contributed by atoms with E-state index in [1.54, 1.807) is 11.0 Å². The molecule has 0 bridgehead atoms. The van der Waals surface area contributed by atoms with Crippen molar-refractivity contribution in [1.82, 2.24) is 25.0 Å². The number of aryl methyl sites for hydroxylation is 1. The maximum Gasteiger partial charge on any atom is 0.194 e. The van der Waals surface area contributed by atoms with Crippen LogP contribution < -0.4 is 5.32 Å². The molecule has 6 nitrogen and oxygen atoms in total. The summed E-state index contributed by atoms with van der Waals surface area (Å²) in [7, 11) is 3.71. The van der Waals surface area contributed by atoms with E-state index in [1.807, 2.05) is 14.1 Å². The van der Waals surface area contributed by atoms with Crippen LogP contribution in [0.15, 0.2) is 11.3 Å². The monoisotopic (exact) mass is 222 g/mol. The highest BCUT2D eigenvalue weighted by molar-refractivity contribution is 5.79. The summed E-state index contributed by atoms with van der Waals surface area (Å²) in [6.45, 7) is 2.86. The first-order valence-corrected chi connectivity index (χ1v) is 5.59. The fraction of sp³-hybridized carbons (Fsp3) is 0.700. The van der Waals surface area contributed by atoms with Gasteiger partial charge in [0.05, 0.1) is 6.54 Å². The Kier molecular flexibility index (Phi) is 3.38. The van der Waals surface area contributed by atoms with Crippen LogP contribution in [-0.4, -0.2) is 45.8 Å². The quantitative estimate of drug-likeness (QED) is 0.564. The Morgan fingerprint density at radius 2 is 2.25 bits per heavy atom. The number of aliphatic imine (C=N–C) groups is 1. The first kappa shape index (κ1) is 10.9. The minimum absolute atomic E-state index is 0.666. The molecule has 88 valence electrons. The molecule has 0 amide bonds. The molecule has 0 atom stereocenters. The molecule has 1 aliphatic rings. The summed E-state index contributed by atoms with van der Waals surface area (Å²) >= 11 is 0. The fourth-order valence-corrected chi connectivity index (χ4v) is 1.90. The van der Waals surface area contributed by atoms with E-state index >= 15 is 0 Å². The highest BCUT2D eigenvalue weighted by Gasteiger charge is 2.15. The fourth-order valence-electron chi connectivity index (χ4n) is 1.90. The van der Waals surface area contributed by atoms with E-state index in [2.05, 4.69) is 25.3 Å². The minimum Gasteiger partial charge on any atom is -0.349 e. The second-order valence-corrected chi connectivity index (χ2v) is 3.89. The molecular formula is C10H18N6. The number of rotatable bonds is 2. The lowest BCUT2D eigenvalue weighted by molar-refractivity contribution is 0.490. The van der Waals surface area contributed by atoms with Crippen molar-refractivity contribution in [2.45, 2.75) is 19.4 Å². The summed E-state index contributed by atoms with van der Waals surface area (Å²) in [5.41, 5.74) is 0. The summed E-state index contributed by atoms with van der Waals surface area (Å²) in [5.74, 6) is 1.88. The first-order chi connectivity index (χ1) is 7.81. The van der Waals surface area contributed by atoms with Gasteiger partial charge in [0.1, 0.15) is 12.2 Å². The second-order valence-electron chi connectivity index (χ2n) is 3.89. The molecule has 0 unspecified atom stereocenters. The van der Waals surface area contributed by atoms with E-state index in [0.717, 1.165) is 24.9 Å². The van der Waals surface area contributed by atoms with E-state index in [-0.39, 0.29) is 0 Å². The zero-order chi connectivity index (χ0) is 11.4. The first-order valence-electron chi connectivity index (χ1n) is 5.59. The van der Waals surface area contributed by atoms with Crippen LogP contribution in [0.1, 0.15) is 18.7 Å². The Balaban J connectivity index is 1.90. The van der Waals surface area contributed by atoms with Crippen LogP contribution in [0, 0.1) is 0 Å². The van der Waals surface area contributed by atoms with Crippen molar-refractivity contribution in [1.29, 1.82) is 0 Å². The van der Waals surface area contributed by atoms with Crippen molar-refractivity contribution in [3.63, 3.8) is 0 Å². The molecule has 6 heteroatoms. The van der Waals surface area contributed by atoms with Gasteiger partial charge < -0.3 is 10.2 Å². The summed E-state index contributed by atoms with van der Waals surface area (Å²) in [4.78, 5) is 10.7. The average molecular weight is 222 g/mol. The van der Waals surface area contributed by atoms with Gasteiger partial charge in [-0.3, -0.25) is 9.67 Å². The van der Waals surface area contributed by atoms with Crippen LogP contribution >= 0.6 is 0 Å². The van der Waals surface area contributed by atoms with Crippen molar-refractivity contribution >= 4 is 5.96 Å². The molecule has 16 heavy (non-hydrogen) atoms. The van der Waals surface area contributed by atoms with Gasteiger partial charge in [-0.2, -0.15) is 5.10 Å². The zero-order valence-electron chi connectivity index (χ0n) is 9.85. The number of guanidine groups is 1. The van der Waals surface area contributed by atoms with Gasteiger partial charge in [-0.25, -0.2) is 4.98 Å². The average Bonchev–Trinajstić information content (AvgIpc) is 2.92. The standard InChI is InChI=1S/C10H18N6/c1-11-10(16-5-3-4-6-16)12-7-9-13-8-14-15(9)2/h8H,3-7H2,1-2H3,(H,11,12). The topological polar surface area (TPSA) is 58.3 Å². The number of hydrogen-bond acceptors (Lipinski definition) is 3. The summed E-state index contributed by atoms with van der Waals surface area (Å²) in [5, 5.41) is 7.34. The van der Waals surface area contributed by atoms with Crippen molar-refractivity contribution in [3.05, 3.63) is 12.2 Å². The third-order valence-corrected chi connectivity index (χ3v) is 2.83. The van der Waals surface area contributed by atoms with Gasteiger partial charge in [0.15, 0.2) is 5.96 Å². The lowest BCUT2D eigenvalue weighted by Gasteiger charge is -2.20. The molecule has 0 spiro atoms. The second kappa shape index (κ2) is 4.96. The van der Waals surface area contributed by atoms with E-state index in [0.29, 0.717) is 6.54 Å². The van der Waals surface area contributed by atoms with Gasteiger partial charge in [0.25, 0.3) is 0 Å².